The number of aryl methyl sites for hydroxylation is 2. The van der Waals surface area contributed by atoms with Gasteiger partial charge >= 0.3 is 5.97 Å². The van der Waals surface area contributed by atoms with E-state index in [0.29, 0.717) is 30.0 Å². The molecule has 0 aliphatic carbocycles. The lowest BCUT2D eigenvalue weighted by Crippen LogP contribution is -2.08. The molecule has 0 fully saturated rings. The number of ether oxygens (including phenoxy) is 2. The van der Waals surface area contributed by atoms with E-state index in [1.807, 2.05) is 13.8 Å². The molecule has 7 nitrogen and oxygen atoms in total. The van der Waals surface area contributed by atoms with Gasteiger partial charge in [-0.15, -0.1) is 5.10 Å². The summed E-state index contributed by atoms with van der Waals surface area (Å²) in [7, 11) is 1.34. The lowest BCUT2D eigenvalue weighted by atomic mass is 10.1. The Kier molecular flexibility index (Phi) is 4.01. The third-order valence-corrected chi connectivity index (χ3v) is 3.65. The number of fused-ring (bicyclic) bond motifs is 1. The highest BCUT2D eigenvalue weighted by molar-refractivity contribution is 5.96. The van der Waals surface area contributed by atoms with Crippen molar-refractivity contribution in [3.8, 4) is 5.75 Å². The van der Waals surface area contributed by atoms with Gasteiger partial charge in [0.15, 0.2) is 0 Å². The van der Waals surface area contributed by atoms with Crippen LogP contribution in [0, 0.1) is 6.92 Å². The first-order valence-electron chi connectivity index (χ1n) is 7.25. The topological polar surface area (TPSA) is 79.4 Å². The first kappa shape index (κ1) is 15.1. The molecule has 7 heteroatoms. The molecular formula is C16H17N3O4. The van der Waals surface area contributed by atoms with Gasteiger partial charge in [-0.05, 0) is 32.0 Å². The summed E-state index contributed by atoms with van der Waals surface area (Å²) in [6, 6.07) is 5.09. The van der Waals surface area contributed by atoms with Crippen molar-refractivity contribution >= 4 is 16.9 Å². The van der Waals surface area contributed by atoms with Crippen LogP contribution in [0.2, 0.25) is 0 Å². The van der Waals surface area contributed by atoms with Crippen LogP contribution in [-0.2, 0) is 17.9 Å². The van der Waals surface area contributed by atoms with Crippen molar-refractivity contribution in [2.75, 3.05) is 7.11 Å². The van der Waals surface area contributed by atoms with Gasteiger partial charge in [-0.25, -0.2) is 9.48 Å². The average molecular weight is 315 g/mol. The molecule has 0 saturated carbocycles. The van der Waals surface area contributed by atoms with E-state index in [9.17, 15) is 4.79 Å². The van der Waals surface area contributed by atoms with E-state index in [1.54, 1.807) is 29.1 Å². The van der Waals surface area contributed by atoms with Gasteiger partial charge in [0, 0.05) is 6.54 Å². The minimum atomic E-state index is -0.440. The van der Waals surface area contributed by atoms with Crippen LogP contribution < -0.4 is 4.74 Å². The molecule has 2 aromatic heterocycles. The van der Waals surface area contributed by atoms with Crippen molar-refractivity contribution in [2.45, 2.75) is 27.0 Å². The molecule has 3 aromatic rings. The number of aromatic nitrogens is 3. The average Bonchev–Trinajstić information content (AvgIpc) is 3.17. The Morgan fingerprint density at radius 2 is 2.22 bits per heavy atom. The zero-order valence-electron chi connectivity index (χ0n) is 13.2. The van der Waals surface area contributed by atoms with Crippen LogP contribution in [0.3, 0.4) is 0 Å². The molecule has 0 unspecified atom stereocenters. The molecule has 0 bridgehead atoms. The van der Waals surface area contributed by atoms with E-state index in [2.05, 4.69) is 10.3 Å². The van der Waals surface area contributed by atoms with E-state index in [1.165, 1.54) is 7.11 Å². The lowest BCUT2D eigenvalue weighted by molar-refractivity contribution is 0.0600. The third-order valence-electron chi connectivity index (χ3n) is 3.65. The maximum atomic E-state index is 11.8. The monoisotopic (exact) mass is 315 g/mol. The number of methoxy groups -OCH3 is 1. The highest BCUT2D eigenvalue weighted by atomic mass is 16.5. The molecule has 1 aromatic carbocycles. The summed E-state index contributed by atoms with van der Waals surface area (Å²) < 4.78 is 17.8. The van der Waals surface area contributed by atoms with Crippen LogP contribution in [0.15, 0.2) is 28.9 Å². The van der Waals surface area contributed by atoms with Gasteiger partial charge < -0.3 is 13.9 Å². The summed E-state index contributed by atoms with van der Waals surface area (Å²) in [6.45, 7) is 4.89. The molecular weight excluding hydrogens is 298 g/mol. The maximum Gasteiger partial charge on any atom is 0.338 e. The van der Waals surface area contributed by atoms with Crippen LogP contribution in [0.4, 0.5) is 0 Å². The molecule has 120 valence electrons. The predicted molar refractivity (Wildman–Crippen MR) is 82.3 cm³/mol. The molecule has 0 amide bonds. The van der Waals surface area contributed by atoms with Crippen molar-refractivity contribution < 1.29 is 18.7 Å². The number of furan rings is 1. The predicted octanol–water partition coefficient (Wildman–Crippen LogP) is 2.72. The quantitative estimate of drug-likeness (QED) is 0.674. The van der Waals surface area contributed by atoms with Crippen LogP contribution >= 0.6 is 0 Å². The van der Waals surface area contributed by atoms with Crippen molar-refractivity contribution in [3.05, 3.63) is 41.4 Å². The molecule has 2 heterocycles. The second-order valence-corrected chi connectivity index (χ2v) is 5.02. The van der Waals surface area contributed by atoms with Crippen molar-refractivity contribution in [2.24, 2.45) is 0 Å². The van der Waals surface area contributed by atoms with Crippen molar-refractivity contribution in [1.29, 1.82) is 0 Å². The molecule has 0 N–H and O–H groups in total. The van der Waals surface area contributed by atoms with E-state index in [-0.39, 0.29) is 0 Å². The SMILES string of the molecule is CCn1nnc(C)c1COc1cc(C(=O)OC)cc2occc12. The number of carbonyl (C=O) groups excluding carboxylic acids is 1. The Labute approximate surface area is 132 Å². The van der Waals surface area contributed by atoms with Gasteiger partial charge in [0.05, 0.1) is 35.7 Å². The van der Waals surface area contributed by atoms with E-state index in [0.717, 1.165) is 16.8 Å². The number of hydrogen-bond donors (Lipinski definition) is 0. The number of hydrogen-bond acceptors (Lipinski definition) is 6. The molecule has 0 saturated heterocycles. The zero-order chi connectivity index (χ0) is 16.4. The smallest absolute Gasteiger partial charge is 0.338 e. The lowest BCUT2D eigenvalue weighted by Gasteiger charge is -2.10. The summed E-state index contributed by atoms with van der Waals surface area (Å²) in [5.74, 6) is 0.115. The normalized spacial score (nSPS) is 10.9. The highest BCUT2D eigenvalue weighted by Crippen LogP contribution is 2.29. The summed E-state index contributed by atoms with van der Waals surface area (Å²) in [5, 5.41) is 8.90. The van der Waals surface area contributed by atoms with Crippen molar-refractivity contribution in [3.63, 3.8) is 0 Å². The van der Waals surface area contributed by atoms with Crippen molar-refractivity contribution in [1.82, 2.24) is 15.0 Å². The summed E-state index contributed by atoms with van der Waals surface area (Å²) >= 11 is 0. The molecule has 0 radical (unpaired) electrons. The second-order valence-electron chi connectivity index (χ2n) is 5.02. The molecule has 0 aliphatic rings. The highest BCUT2D eigenvalue weighted by Gasteiger charge is 2.15. The number of rotatable bonds is 5. The van der Waals surface area contributed by atoms with Gasteiger partial charge in [0.1, 0.15) is 17.9 Å². The van der Waals surface area contributed by atoms with Gasteiger partial charge in [-0.1, -0.05) is 5.21 Å². The summed E-state index contributed by atoms with van der Waals surface area (Å²) in [4.78, 5) is 11.8. The maximum absolute atomic E-state index is 11.8. The minimum absolute atomic E-state index is 0.303. The minimum Gasteiger partial charge on any atom is -0.486 e. The van der Waals surface area contributed by atoms with Crippen LogP contribution in [0.1, 0.15) is 28.7 Å². The molecule has 0 spiro atoms. The van der Waals surface area contributed by atoms with Crippen LogP contribution in [0.5, 0.6) is 5.75 Å². The van der Waals surface area contributed by atoms with E-state index < -0.39 is 5.97 Å². The first-order valence-corrected chi connectivity index (χ1v) is 7.25. The second kappa shape index (κ2) is 6.12. The van der Waals surface area contributed by atoms with Crippen LogP contribution in [0.25, 0.3) is 11.0 Å². The fourth-order valence-corrected chi connectivity index (χ4v) is 2.39. The largest absolute Gasteiger partial charge is 0.486 e. The number of carbonyl (C=O) groups is 1. The fraction of sp³-hybridized carbons (Fsp3) is 0.312. The van der Waals surface area contributed by atoms with Gasteiger partial charge in [-0.3, -0.25) is 0 Å². The third kappa shape index (κ3) is 2.77. The number of benzene rings is 1. The Morgan fingerprint density at radius 1 is 1.39 bits per heavy atom. The molecule has 3 rings (SSSR count). The fourth-order valence-electron chi connectivity index (χ4n) is 2.39. The Bertz CT molecular complexity index is 850. The summed E-state index contributed by atoms with van der Waals surface area (Å²) in [5.41, 5.74) is 2.66. The van der Waals surface area contributed by atoms with Gasteiger partial charge in [0.25, 0.3) is 0 Å². The molecule has 0 atom stereocenters. The summed E-state index contributed by atoms with van der Waals surface area (Å²) in [6.07, 6.45) is 1.56. The molecule has 23 heavy (non-hydrogen) atoms. The Morgan fingerprint density at radius 3 is 2.96 bits per heavy atom. The number of nitrogens with zero attached hydrogens (tertiary/aromatic N) is 3. The molecule has 0 aliphatic heterocycles. The van der Waals surface area contributed by atoms with E-state index in [4.69, 9.17) is 13.9 Å². The zero-order valence-corrected chi connectivity index (χ0v) is 13.2. The Balaban J connectivity index is 1.94. The Hall–Kier alpha value is -2.83. The van der Waals surface area contributed by atoms with Crippen LogP contribution in [-0.4, -0.2) is 28.1 Å². The standard InChI is InChI=1S/C16H17N3O4/c1-4-19-13(10(2)17-18-19)9-23-15-8-11(16(20)21-3)7-14-12(15)5-6-22-14/h5-8H,4,9H2,1-3H3. The van der Waals surface area contributed by atoms with E-state index >= 15 is 0 Å². The number of esters is 1. The van der Waals surface area contributed by atoms with Gasteiger partial charge in [0.2, 0.25) is 0 Å². The van der Waals surface area contributed by atoms with Gasteiger partial charge in [-0.2, -0.15) is 0 Å². The first-order chi connectivity index (χ1) is 11.1.